The monoisotopic (exact) mass is 492 g/mol. The van der Waals surface area contributed by atoms with E-state index in [9.17, 15) is 9.18 Å². The van der Waals surface area contributed by atoms with E-state index in [1.165, 1.54) is 12.1 Å². The van der Waals surface area contributed by atoms with Crippen LogP contribution >= 0.6 is 24.0 Å². The highest BCUT2D eigenvalue weighted by Crippen LogP contribution is 2.13. The number of nitrogens with zero attached hydrogens (tertiary/aromatic N) is 2. The molecule has 1 fully saturated rings. The fourth-order valence-corrected chi connectivity index (χ4v) is 2.76. The van der Waals surface area contributed by atoms with Gasteiger partial charge in [-0.2, -0.15) is 0 Å². The van der Waals surface area contributed by atoms with Crippen LogP contribution in [0.3, 0.4) is 0 Å². The Balaban J connectivity index is 0.00000364. The van der Waals surface area contributed by atoms with Gasteiger partial charge in [-0.1, -0.05) is 0 Å². The third-order valence-electron chi connectivity index (χ3n) is 4.09. The molecular weight excluding hydrogens is 462 g/mol. The largest absolute Gasteiger partial charge is 0.489 e. The van der Waals surface area contributed by atoms with Gasteiger partial charge in [0, 0.05) is 32.6 Å². The highest BCUT2D eigenvalue weighted by Gasteiger charge is 2.17. The summed E-state index contributed by atoms with van der Waals surface area (Å²) in [4.78, 5) is 18.5. The molecule has 8 heteroatoms. The van der Waals surface area contributed by atoms with Crippen molar-refractivity contribution in [3.63, 3.8) is 0 Å². The number of benzene rings is 1. The second-order valence-electron chi connectivity index (χ2n) is 6.37. The summed E-state index contributed by atoms with van der Waals surface area (Å²) in [5.74, 6) is 1.18. The van der Waals surface area contributed by atoms with Crippen molar-refractivity contribution in [1.29, 1.82) is 0 Å². The first kappa shape index (κ1) is 23.5. The zero-order valence-electron chi connectivity index (χ0n) is 16.0. The predicted molar refractivity (Wildman–Crippen MR) is 116 cm³/mol. The van der Waals surface area contributed by atoms with Crippen molar-refractivity contribution in [3.05, 3.63) is 30.1 Å². The summed E-state index contributed by atoms with van der Waals surface area (Å²) in [6.07, 6.45) is 2.53. The van der Waals surface area contributed by atoms with E-state index in [-0.39, 0.29) is 41.8 Å². The summed E-state index contributed by atoms with van der Waals surface area (Å²) in [5, 5.41) is 6.35. The lowest BCUT2D eigenvalue weighted by Gasteiger charge is -2.17. The first-order valence-corrected chi connectivity index (χ1v) is 9.30. The summed E-state index contributed by atoms with van der Waals surface area (Å²) >= 11 is 0. The van der Waals surface area contributed by atoms with E-state index in [1.807, 2.05) is 18.7 Å². The average molecular weight is 492 g/mol. The summed E-state index contributed by atoms with van der Waals surface area (Å²) in [6, 6.07) is 5.94. The highest BCUT2D eigenvalue weighted by molar-refractivity contribution is 14.0. The molecule has 1 aromatic rings. The minimum absolute atomic E-state index is 0. The van der Waals surface area contributed by atoms with E-state index < -0.39 is 0 Å². The first-order valence-electron chi connectivity index (χ1n) is 9.30. The summed E-state index contributed by atoms with van der Waals surface area (Å²) < 4.78 is 18.6. The standard InChI is InChI=1S/C19H29FN4O2.HI/c1-3-21-19(22-11-10-18(25)24-12-4-5-13-24)23-14-15(2)26-17-8-6-16(20)7-9-17;/h6-9,15H,3-5,10-14H2,1-2H3,(H2,21,22,23);1H. The van der Waals surface area contributed by atoms with Crippen LogP contribution in [-0.2, 0) is 4.79 Å². The second-order valence-corrected chi connectivity index (χ2v) is 6.37. The number of nitrogens with one attached hydrogen (secondary N) is 2. The number of aliphatic imine (C=N–C) groups is 1. The molecule has 1 amide bonds. The molecule has 6 nitrogen and oxygen atoms in total. The molecule has 0 aliphatic carbocycles. The van der Waals surface area contributed by atoms with Gasteiger partial charge in [0.05, 0.1) is 6.54 Å². The smallest absolute Gasteiger partial charge is 0.224 e. The summed E-state index contributed by atoms with van der Waals surface area (Å²) in [6.45, 7) is 7.40. The van der Waals surface area contributed by atoms with Gasteiger partial charge < -0.3 is 20.3 Å². The van der Waals surface area contributed by atoms with Crippen LogP contribution in [0, 0.1) is 5.82 Å². The molecule has 0 radical (unpaired) electrons. The molecule has 1 heterocycles. The van der Waals surface area contributed by atoms with Gasteiger partial charge in [-0.05, 0) is 51.0 Å². The van der Waals surface area contributed by atoms with Crippen molar-refractivity contribution < 1.29 is 13.9 Å². The Hall–Kier alpha value is -1.58. The minimum Gasteiger partial charge on any atom is -0.489 e. The Kier molecular flexibility index (Phi) is 11.1. The Labute approximate surface area is 178 Å². The molecule has 152 valence electrons. The van der Waals surface area contributed by atoms with Crippen LogP contribution in [0.5, 0.6) is 5.75 Å². The van der Waals surface area contributed by atoms with E-state index >= 15 is 0 Å². The van der Waals surface area contributed by atoms with Crippen LogP contribution in [-0.4, -0.2) is 55.6 Å². The molecule has 1 aliphatic rings. The molecule has 1 saturated heterocycles. The molecule has 0 aromatic heterocycles. The van der Waals surface area contributed by atoms with Gasteiger partial charge in [0.1, 0.15) is 17.7 Å². The number of guanidine groups is 1. The number of carbonyl (C=O) groups is 1. The summed E-state index contributed by atoms with van der Waals surface area (Å²) in [7, 11) is 0. The van der Waals surface area contributed by atoms with E-state index in [4.69, 9.17) is 4.74 Å². The van der Waals surface area contributed by atoms with E-state index in [1.54, 1.807) is 12.1 Å². The van der Waals surface area contributed by atoms with Gasteiger partial charge in [-0.3, -0.25) is 4.79 Å². The lowest BCUT2D eigenvalue weighted by atomic mass is 10.3. The van der Waals surface area contributed by atoms with Crippen molar-refractivity contribution in [3.8, 4) is 5.75 Å². The molecule has 1 aliphatic heterocycles. The number of likely N-dealkylation sites (tertiary alicyclic amines) is 1. The van der Waals surface area contributed by atoms with Gasteiger partial charge in [0.25, 0.3) is 0 Å². The third kappa shape index (κ3) is 8.77. The fraction of sp³-hybridized carbons (Fsp3) is 0.579. The topological polar surface area (TPSA) is 66.0 Å². The minimum atomic E-state index is -0.287. The Morgan fingerprint density at radius 3 is 2.56 bits per heavy atom. The molecule has 1 unspecified atom stereocenters. The molecular formula is C19H30FIN4O2. The predicted octanol–water partition coefficient (Wildman–Crippen LogP) is 2.78. The van der Waals surface area contributed by atoms with Gasteiger partial charge in [0.2, 0.25) is 5.91 Å². The van der Waals surface area contributed by atoms with Gasteiger partial charge in [-0.25, -0.2) is 9.38 Å². The zero-order valence-corrected chi connectivity index (χ0v) is 18.4. The maximum Gasteiger partial charge on any atom is 0.224 e. The SMILES string of the molecule is CCNC(=NCC(C)Oc1ccc(F)cc1)NCCC(=O)N1CCCC1.I. The van der Waals surface area contributed by atoms with Crippen molar-refractivity contribution >= 4 is 35.8 Å². The maximum absolute atomic E-state index is 12.9. The van der Waals surface area contributed by atoms with Crippen molar-refractivity contribution in [2.45, 2.75) is 39.2 Å². The second kappa shape index (κ2) is 12.7. The quantitative estimate of drug-likeness (QED) is 0.333. The van der Waals surface area contributed by atoms with Gasteiger partial charge in [-0.15, -0.1) is 24.0 Å². The van der Waals surface area contributed by atoms with E-state index in [2.05, 4.69) is 15.6 Å². The molecule has 0 spiro atoms. The lowest BCUT2D eigenvalue weighted by Crippen LogP contribution is -2.40. The maximum atomic E-state index is 12.9. The van der Waals surface area contributed by atoms with Crippen LogP contribution < -0.4 is 15.4 Å². The molecule has 0 bridgehead atoms. The Bertz CT molecular complexity index is 592. The molecule has 1 atom stereocenters. The third-order valence-corrected chi connectivity index (χ3v) is 4.09. The number of ether oxygens (including phenoxy) is 1. The number of amides is 1. The molecule has 0 saturated carbocycles. The average Bonchev–Trinajstić information content (AvgIpc) is 3.16. The molecule has 2 N–H and O–H groups in total. The lowest BCUT2D eigenvalue weighted by molar-refractivity contribution is -0.129. The normalized spacial score (nSPS) is 15.1. The fourth-order valence-electron chi connectivity index (χ4n) is 2.76. The van der Waals surface area contributed by atoms with Crippen LogP contribution in [0.2, 0.25) is 0 Å². The van der Waals surface area contributed by atoms with E-state index in [0.29, 0.717) is 31.2 Å². The summed E-state index contributed by atoms with van der Waals surface area (Å²) in [5.41, 5.74) is 0. The number of carbonyl (C=O) groups excluding carboxylic acids is 1. The number of rotatable bonds is 8. The van der Waals surface area contributed by atoms with Crippen molar-refractivity contribution in [2.24, 2.45) is 4.99 Å². The number of hydrogen-bond donors (Lipinski definition) is 2. The van der Waals surface area contributed by atoms with Crippen LogP contribution in [0.25, 0.3) is 0 Å². The molecule has 27 heavy (non-hydrogen) atoms. The van der Waals surface area contributed by atoms with Gasteiger partial charge in [0.15, 0.2) is 5.96 Å². The molecule has 1 aromatic carbocycles. The number of hydrogen-bond acceptors (Lipinski definition) is 3. The van der Waals surface area contributed by atoms with Crippen molar-refractivity contribution in [2.75, 3.05) is 32.7 Å². The number of halogens is 2. The Morgan fingerprint density at radius 1 is 1.26 bits per heavy atom. The van der Waals surface area contributed by atoms with Crippen LogP contribution in [0.15, 0.2) is 29.3 Å². The zero-order chi connectivity index (χ0) is 18.8. The Morgan fingerprint density at radius 2 is 1.93 bits per heavy atom. The van der Waals surface area contributed by atoms with Crippen LogP contribution in [0.4, 0.5) is 4.39 Å². The van der Waals surface area contributed by atoms with E-state index in [0.717, 1.165) is 32.5 Å². The molecule has 2 rings (SSSR count). The van der Waals surface area contributed by atoms with Crippen LogP contribution in [0.1, 0.15) is 33.1 Å². The highest BCUT2D eigenvalue weighted by atomic mass is 127. The van der Waals surface area contributed by atoms with Crippen molar-refractivity contribution in [1.82, 2.24) is 15.5 Å². The van der Waals surface area contributed by atoms with Gasteiger partial charge >= 0.3 is 0 Å². The first-order chi connectivity index (χ1) is 12.6.